The molecule has 1 amide bonds. The van der Waals surface area contributed by atoms with E-state index in [1.54, 1.807) is 12.3 Å². The Hall–Kier alpha value is -2.74. The molecule has 0 radical (unpaired) electrons. The van der Waals surface area contributed by atoms with Crippen LogP contribution in [0, 0.1) is 6.92 Å². The van der Waals surface area contributed by atoms with Crippen LogP contribution in [0.5, 0.6) is 17.2 Å². The van der Waals surface area contributed by atoms with E-state index < -0.39 is 0 Å². The van der Waals surface area contributed by atoms with Crippen LogP contribution in [0.1, 0.15) is 16.1 Å². The van der Waals surface area contributed by atoms with Crippen LogP contribution in [0.25, 0.3) is 5.65 Å². The normalized spacial score (nSPS) is 10.7. The second-order valence-corrected chi connectivity index (χ2v) is 6.24. The summed E-state index contributed by atoms with van der Waals surface area (Å²) < 4.78 is 18.4. The number of hydrogen-bond donors (Lipinski definition) is 1. The summed E-state index contributed by atoms with van der Waals surface area (Å²) in [6, 6.07) is 5.26. The van der Waals surface area contributed by atoms with E-state index in [9.17, 15) is 4.79 Å². The summed E-state index contributed by atoms with van der Waals surface area (Å²) in [5.74, 6) is 0.895. The van der Waals surface area contributed by atoms with Crippen molar-refractivity contribution in [2.75, 3.05) is 26.6 Å². The van der Waals surface area contributed by atoms with Gasteiger partial charge >= 0.3 is 0 Å². The molecule has 0 aliphatic heterocycles. The fraction of sp³-hybridized carbons (Fsp3) is 0.222. The minimum atomic E-state index is -0.307. The van der Waals surface area contributed by atoms with Crippen molar-refractivity contribution in [1.82, 2.24) is 9.38 Å². The largest absolute Gasteiger partial charge is 0.493 e. The number of halogens is 1. The molecule has 3 aromatic rings. The van der Waals surface area contributed by atoms with Crippen molar-refractivity contribution >= 4 is 33.2 Å². The zero-order valence-corrected chi connectivity index (χ0v) is 16.4. The first kappa shape index (κ1) is 18.1. The lowest BCUT2D eigenvalue weighted by Gasteiger charge is -2.17. The zero-order valence-electron chi connectivity index (χ0n) is 14.8. The first-order valence-electron chi connectivity index (χ1n) is 7.74. The maximum Gasteiger partial charge on any atom is 0.257 e. The van der Waals surface area contributed by atoms with Crippen LogP contribution < -0.4 is 19.5 Å². The summed E-state index contributed by atoms with van der Waals surface area (Å²) in [5.41, 5.74) is 2.73. The predicted molar refractivity (Wildman–Crippen MR) is 102 cm³/mol. The number of hydrogen-bond acceptors (Lipinski definition) is 5. The van der Waals surface area contributed by atoms with Crippen molar-refractivity contribution in [3.63, 3.8) is 0 Å². The summed E-state index contributed by atoms with van der Waals surface area (Å²) in [6.45, 7) is 1.91. The van der Waals surface area contributed by atoms with E-state index in [1.165, 1.54) is 21.3 Å². The van der Waals surface area contributed by atoms with E-state index in [-0.39, 0.29) is 5.91 Å². The smallest absolute Gasteiger partial charge is 0.257 e. The molecular weight excluding hydrogens is 402 g/mol. The molecule has 0 bridgehead atoms. The molecule has 0 aliphatic rings. The van der Waals surface area contributed by atoms with E-state index >= 15 is 0 Å². The Kier molecular flexibility index (Phi) is 5.03. The number of carbonyl (C=O) groups excluding carboxylic acids is 1. The van der Waals surface area contributed by atoms with E-state index in [0.29, 0.717) is 33.0 Å². The van der Waals surface area contributed by atoms with Gasteiger partial charge in [-0.2, -0.15) is 0 Å². The van der Waals surface area contributed by atoms with Crippen LogP contribution in [-0.2, 0) is 0 Å². The number of amides is 1. The number of nitrogens with zero attached hydrogens (tertiary/aromatic N) is 2. The van der Waals surface area contributed by atoms with E-state index in [2.05, 4.69) is 26.2 Å². The third kappa shape index (κ3) is 2.96. The quantitative estimate of drug-likeness (QED) is 0.682. The number of pyridine rings is 1. The zero-order chi connectivity index (χ0) is 18.8. The molecule has 7 nitrogen and oxygen atoms in total. The first-order valence-corrected chi connectivity index (χ1v) is 8.53. The van der Waals surface area contributed by atoms with Crippen molar-refractivity contribution < 1.29 is 19.0 Å². The van der Waals surface area contributed by atoms with E-state index in [0.717, 1.165) is 11.3 Å². The van der Waals surface area contributed by atoms with Gasteiger partial charge < -0.3 is 23.9 Å². The molecule has 136 valence electrons. The Bertz CT molecular complexity index is 984. The molecular formula is C18H18BrN3O4. The first-order chi connectivity index (χ1) is 12.5. The number of nitrogens with one attached hydrogen (secondary N) is 1. The molecule has 2 heterocycles. The number of aromatic nitrogens is 2. The molecule has 0 saturated heterocycles. The molecule has 8 heteroatoms. The van der Waals surface area contributed by atoms with Gasteiger partial charge in [-0.1, -0.05) is 0 Å². The monoisotopic (exact) mass is 419 g/mol. The van der Waals surface area contributed by atoms with Crippen molar-refractivity contribution in [3.8, 4) is 17.2 Å². The number of carbonyl (C=O) groups is 1. The highest BCUT2D eigenvalue weighted by Gasteiger charge is 2.23. The molecule has 0 saturated carbocycles. The average Bonchev–Trinajstić information content (AvgIpc) is 3.12. The molecule has 1 N–H and O–H groups in total. The van der Waals surface area contributed by atoms with E-state index in [4.69, 9.17) is 14.2 Å². The number of aryl methyl sites for hydroxylation is 1. The molecule has 1 aromatic carbocycles. The fourth-order valence-corrected chi connectivity index (χ4v) is 3.37. The summed E-state index contributed by atoms with van der Waals surface area (Å²) in [4.78, 5) is 17.1. The summed E-state index contributed by atoms with van der Waals surface area (Å²) in [7, 11) is 4.51. The Morgan fingerprint density at radius 2 is 1.88 bits per heavy atom. The molecule has 0 unspecified atom stereocenters. The molecule has 0 fully saturated rings. The maximum absolute atomic E-state index is 12.9. The summed E-state index contributed by atoms with van der Waals surface area (Å²) in [5, 5.41) is 2.92. The van der Waals surface area contributed by atoms with Gasteiger partial charge in [-0.3, -0.25) is 4.79 Å². The van der Waals surface area contributed by atoms with Gasteiger partial charge in [0.15, 0.2) is 11.5 Å². The fourth-order valence-electron chi connectivity index (χ4n) is 2.74. The van der Waals surface area contributed by atoms with Crippen LogP contribution in [0.15, 0.2) is 35.1 Å². The van der Waals surface area contributed by atoms with Gasteiger partial charge in [0.25, 0.3) is 5.91 Å². The van der Waals surface area contributed by atoms with Gasteiger partial charge in [0.1, 0.15) is 5.65 Å². The van der Waals surface area contributed by atoms with Gasteiger partial charge in [0, 0.05) is 18.1 Å². The number of anilines is 1. The van der Waals surface area contributed by atoms with Gasteiger partial charge in [0.2, 0.25) is 5.75 Å². The third-order valence-electron chi connectivity index (χ3n) is 4.08. The van der Waals surface area contributed by atoms with Crippen molar-refractivity contribution in [2.45, 2.75) is 6.92 Å². The van der Waals surface area contributed by atoms with Crippen molar-refractivity contribution in [1.29, 1.82) is 0 Å². The molecule has 0 atom stereocenters. The number of benzene rings is 1. The highest BCUT2D eigenvalue weighted by Crippen LogP contribution is 2.44. The maximum atomic E-state index is 12.9. The van der Waals surface area contributed by atoms with Crippen molar-refractivity contribution in [3.05, 3.63) is 46.3 Å². The lowest BCUT2D eigenvalue weighted by atomic mass is 10.1. The molecule has 0 spiro atoms. The van der Waals surface area contributed by atoms with Gasteiger partial charge in [-0.15, -0.1) is 0 Å². The number of fused-ring (bicyclic) bond motifs is 1. The Morgan fingerprint density at radius 1 is 1.15 bits per heavy atom. The molecule has 26 heavy (non-hydrogen) atoms. The van der Waals surface area contributed by atoms with Crippen LogP contribution in [0.3, 0.4) is 0 Å². The van der Waals surface area contributed by atoms with Crippen LogP contribution in [0.4, 0.5) is 5.69 Å². The second-order valence-electron chi connectivity index (χ2n) is 5.45. The lowest BCUT2D eigenvalue weighted by Crippen LogP contribution is -2.15. The van der Waals surface area contributed by atoms with Gasteiger partial charge in [0.05, 0.1) is 37.1 Å². The number of ether oxygens (including phenoxy) is 3. The number of rotatable bonds is 5. The predicted octanol–water partition coefficient (Wildman–Crippen LogP) is 3.68. The average molecular weight is 420 g/mol. The standard InChI is InChI=1S/C18H18BrN3O4/c1-10-12(5-6-14-20-7-8-22(10)14)21-18(23)11-9-13(24-2)16(25-3)17(26-4)15(11)19/h5-9H,1-4H3,(H,21,23). The van der Waals surface area contributed by atoms with Crippen LogP contribution >= 0.6 is 15.9 Å². The molecule has 3 rings (SSSR count). The number of methoxy groups -OCH3 is 3. The summed E-state index contributed by atoms with van der Waals surface area (Å²) in [6.07, 6.45) is 3.55. The minimum Gasteiger partial charge on any atom is -0.493 e. The van der Waals surface area contributed by atoms with Gasteiger partial charge in [-0.05, 0) is 41.1 Å². The van der Waals surface area contributed by atoms with Crippen LogP contribution in [-0.4, -0.2) is 36.6 Å². The topological polar surface area (TPSA) is 74.1 Å². The molecule has 2 aromatic heterocycles. The van der Waals surface area contributed by atoms with Crippen molar-refractivity contribution in [2.24, 2.45) is 0 Å². The lowest BCUT2D eigenvalue weighted by molar-refractivity contribution is 0.102. The Labute approximate surface area is 159 Å². The van der Waals surface area contributed by atoms with E-state index in [1.807, 2.05) is 29.7 Å². The highest BCUT2D eigenvalue weighted by molar-refractivity contribution is 9.10. The third-order valence-corrected chi connectivity index (χ3v) is 4.87. The molecule has 0 aliphatic carbocycles. The SMILES string of the molecule is COc1cc(C(=O)Nc2ccc3nccn3c2C)c(Br)c(OC)c1OC. The minimum absolute atomic E-state index is 0.307. The second kappa shape index (κ2) is 7.25. The highest BCUT2D eigenvalue weighted by atomic mass is 79.9. The Morgan fingerprint density at radius 3 is 2.54 bits per heavy atom. The van der Waals surface area contributed by atoms with Gasteiger partial charge in [-0.25, -0.2) is 4.98 Å². The Balaban J connectivity index is 2.02. The van der Waals surface area contributed by atoms with Crippen LogP contribution in [0.2, 0.25) is 0 Å². The summed E-state index contributed by atoms with van der Waals surface area (Å²) >= 11 is 3.43. The number of imidazole rings is 1.